The van der Waals surface area contributed by atoms with Gasteiger partial charge in [0.05, 0.1) is 19.8 Å². The molecule has 182 valence electrons. The van der Waals surface area contributed by atoms with Gasteiger partial charge in [-0.2, -0.15) is 4.98 Å². The van der Waals surface area contributed by atoms with Crippen LogP contribution < -0.4 is 15.0 Å². The normalized spacial score (nSPS) is 14.2. The molecule has 1 saturated heterocycles. The van der Waals surface area contributed by atoms with Gasteiger partial charge in [-0.15, -0.1) is 0 Å². The van der Waals surface area contributed by atoms with Crippen LogP contribution in [0.1, 0.15) is 12.8 Å². The van der Waals surface area contributed by atoms with E-state index in [-0.39, 0.29) is 0 Å². The Balaban J connectivity index is 1.12. The molecule has 5 rings (SSSR count). The highest BCUT2D eigenvalue weighted by Gasteiger charge is 2.10. The first-order valence-electron chi connectivity index (χ1n) is 12.2. The lowest BCUT2D eigenvalue weighted by atomic mass is 10.2. The summed E-state index contributed by atoms with van der Waals surface area (Å²) in [5.41, 5.74) is 3.10. The molecule has 0 atom stereocenters. The molecule has 0 amide bonds. The Bertz CT molecular complexity index is 1220. The van der Waals surface area contributed by atoms with Crippen molar-refractivity contribution in [2.24, 2.45) is 0 Å². The maximum Gasteiger partial charge on any atom is 0.229 e. The molecule has 1 fully saturated rings. The lowest BCUT2D eigenvalue weighted by Crippen LogP contribution is -2.36. The number of ether oxygens (including phenoxy) is 2. The summed E-state index contributed by atoms with van der Waals surface area (Å²) in [6, 6.07) is 18.2. The van der Waals surface area contributed by atoms with Crippen molar-refractivity contribution in [3.8, 4) is 5.75 Å². The first kappa shape index (κ1) is 23.1. The molecule has 0 radical (unpaired) electrons. The van der Waals surface area contributed by atoms with E-state index in [1.54, 1.807) is 6.20 Å². The van der Waals surface area contributed by atoms with E-state index in [1.165, 1.54) is 5.39 Å². The van der Waals surface area contributed by atoms with Crippen LogP contribution in [0.15, 0.2) is 67.0 Å². The number of rotatable bonds is 10. The monoisotopic (exact) mass is 472 g/mol. The number of aromatic nitrogens is 3. The van der Waals surface area contributed by atoms with Gasteiger partial charge >= 0.3 is 0 Å². The topological polar surface area (TPSA) is 78.5 Å². The fourth-order valence-electron chi connectivity index (χ4n) is 4.19. The number of hydrogen-bond donors (Lipinski definition) is 2. The number of H-pyrrole nitrogens is 1. The summed E-state index contributed by atoms with van der Waals surface area (Å²) in [5.74, 6) is 2.24. The van der Waals surface area contributed by atoms with Crippen molar-refractivity contribution >= 4 is 34.0 Å². The molecule has 0 saturated carbocycles. The molecule has 2 aromatic heterocycles. The first-order chi connectivity index (χ1) is 17.2. The maximum atomic E-state index is 5.91. The summed E-state index contributed by atoms with van der Waals surface area (Å²) < 4.78 is 11.3. The molecular weight excluding hydrogens is 440 g/mol. The molecule has 3 heterocycles. The highest BCUT2D eigenvalue weighted by molar-refractivity contribution is 5.84. The number of unbranched alkanes of at least 4 members (excludes halogenated alkanes) is 1. The average Bonchev–Trinajstić information content (AvgIpc) is 3.38. The third-order valence-corrected chi connectivity index (χ3v) is 6.26. The van der Waals surface area contributed by atoms with Gasteiger partial charge in [-0.25, -0.2) is 4.98 Å². The zero-order valence-corrected chi connectivity index (χ0v) is 20.1. The Hall–Kier alpha value is -3.62. The minimum absolute atomic E-state index is 0.550. The zero-order chi connectivity index (χ0) is 23.9. The molecule has 8 heteroatoms. The number of nitrogens with zero attached hydrogens (tertiary/aromatic N) is 4. The summed E-state index contributed by atoms with van der Waals surface area (Å²) in [5, 5.41) is 4.46. The van der Waals surface area contributed by atoms with E-state index in [9.17, 15) is 0 Å². The van der Waals surface area contributed by atoms with Gasteiger partial charge in [-0.3, -0.25) is 4.90 Å². The minimum Gasteiger partial charge on any atom is -0.494 e. The van der Waals surface area contributed by atoms with Crippen LogP contribution in [0.5, 0.6) is 5.75 Å². The van der Waals surface area contributed by atoms with Crippen LogP contribution in [-0.2, 0) is 4.74 Å². The third-order valence-electron chi connectivity index (χ3n) is 6.26. The molecule has 35 heavy (non-hydrogen) atoms. The van der Waals surface area contributed by atoms with Gasteiger partial charge in [0.2, 0.25) is 5.95 Å². The number of morpholine rings is 1. The number of nitrogens with one attached hydrogen (secondary N) is 2. The maximum absolute atomic E-state index is 5.91. The van der Waals surface area contributed by atoms with E-state index in [0.717, 1.165) is 80.8 Å². The molecule has 1 aliphatic heterocycles. The Kier molecular flexibility index (Phi) is 7.41. The summed E-state index contributed by atoms with van der Waals surface area (Å²) >= 11 is 0. The smallest absolute Gasteiger partial charge is 0.229 e. The number of anilines is 4. The minimum atomic E-state index is 0.550. The van der Waals surface area contributed by atoms with Gasteiger partial charge in [0, 0.05) is 54.8 Å². The summed E-state index contributed by atoms with van der Waals surface area (Å²) in [4.78, 5) is 16.8. The van der Waals surface area contributed by atoms with Crippen molar-refractivity contribution in [2.75, 3.05) is 56.7 Å². The van der Waals surface area contributed by atoms with Crippen molar-refractivity contribution in [1.82, 2.24) is 19.9 Å². The highest BCUT2D eigenvalue weighted by Crippen LogP contribution is 2.26. The van der Waals surface area contributed by atoms with Crippen LogP contribution in [0.3, 0.4) is 0 Å². The molecule has 1 aliphatic rings. The SMILES string of the molecule is CN(c1ccc2[nH]ccc2c1)c1ccnc(Nc2ccc(OCCCCN3CCOCC3)cc2)n1. The first-order valence-corrected chi connectivity index (χ1v) is 12.2. The Labute approximate surface area is 205 Å². The molecule has 0 spiro atoms. The highest BCUT2D eigenvalue weighted by atomic mass is 16.5. The van der Waals surface area contributed by atoms with Crippen LogP contribution in [0.2, 0.25) is 0 Å². The summed E-state index contributed by atoms with van der Waals surface area (Å²) in [6.45, 7) is 5.64. The number of aromatic amines is 1. The molecule has 4 aromatic rings. The van der Waals surface area contributed by atoms with Crippen molar-refractivity contribution in [1.29, 1.82) is 0 Å². The van der Waals surface area contributed by atoms with E-state index >= 15 is 0 Å². The molecular formula is C27H32N6O2. The second-order valence-corrected chi connectivity index (χ2v) is 8.71. The largest absolute Gasteiger partial charge is 0.494 e. The van der Waals surface area contributed by atoms with Crippen molar-refractivity contribution < 1.29 is 9.47 Å². The second-order valence-electron chi connectivity index (χ2n) is 8.71. The van der Waals surface area contributed by atoms with Crippen LogP contribution in [0, 0.1) is 0 Å². The average molecular weight is 473 g/mol. The third kappa shape index (κ3) is 6.09. The molecule has 0 bridgehead atoms. The number of hydrogen-bond acceptors (Lipinski definition) is 7. The summed E-state index contributed by atoms with van der Waals surface area (Å²) in [6.07, 6.45) is 5.90. The molecule has 0 aliphatic carbocycles. The zero-order valence-electron chi connectivity index (χ0n) is 20.1. The Morgan fingerprint density at radius 2 is 1.91 bits per heavy atom. The fourth-order valence-corrected chi connectivity index (χ4v) is 4.19. The van der Waals surface area contributed by atoms with E-state index in [2.05, 4.69) is 49.4 Å². The Morgan fingerprint density at radius 3 is 2.77 bits per heavy atom. The standard InChI is InChI=1S/C27H32N6O2/c1-32(23-6-9-25-21(20-23)10-12-28-25)26-11-13-29-27(31-26)30-22-4-7-24(8-5-22)35-17-3-2-14-33-15-18-34-19-16-33/h4-13,20,28H,2-3,14-19H2,1H3,(H,29,30,31). The number of benzene rings is 2. The van der Waals surface area contributed by atoms with E-state index in [1.807, 2.05) is 43.6 Å². The van der Waals surface area contributed by atoms with Gasteiger partial charge in [0.1, 0.15) is 11.6 Å². The van der Waals surface area contributed by atoms with Crippen LogP contribution >= 0.6 is 0 Å². The van der Waals surface area contributed by atoms with E-state index in [0.29, 0.717) is 5.95 Å². The van der Waals surface area contributed by atoms with Gasteiger partial charge < -0.3 is 24.7 Å². The van der Waals surface area contributed by atoms with E-state index in [4.69, 9.17) is 14.5 Å². The van der Waals surface area contributed by atoms with Crippen molar-refractivity contribution in [3.63, 3.8) is 0 Å². The Morgan fingerprint density at radius 1 is 1.06 bits per heavy atom. The quantitative estimate of drug-likeness (QED) is 0.316. The molecule has 2 N–H and O–H groups in total. The van der Waals surface area contributed by atoms with Gasteiger partial charge in [0.15, 0.2) is 0 Å². The van der Waals surface area contributed by atoms with Crippen LogP contribution in [-0.4, -0.2) is 66.4 Å². The predicted octanol–water partition coefficient (Wildman–Crippen LogP) is 4.96. The summed E-state index contributed by atoms with van der Waals surface area (Å²) in [7, 11) is 2.01. The van der Waals surface area contributed by atoms with Gasteiger partial charge in [0.25, 0.3) is 0 Å². The lowest BCUT2D eigenvalue weighted by molar-refractivity contribution is 0.0368. The lowest BCUT2D eigenvalue weighted by Gasteiger charge is -2.26. The predicted molar refractivity (Wildman–Crippen MR) is 140 cm³/mol. The van der Waals surface area contributed by atoms with Crippen molar-refractivity contribution in [3.05, 3.63) is 67.0 Å². The molecule has 8 nitrogen and oxygen atoms in total. The van der Waals surface area contributed by atoms with E-state index < -0.39 is 0 Å². The molecule has 2 aromatic carbocycles. The van der Waals surface area contributed by atoms with Crippen molar-refractivity contribution in [2.45, 2.75) is 12.8 Å². The van der Waals surface area contributed by atoms with Crippen LogP contribution in [0.4, 0.5) is 23.1 Å². The fraction of sp³-hybridized carbons (Fsp3) is 0.333. The second kappa shape index (κ2) is 11.2. The van der Waals surface area contributed by atoms with Gasteiger partial charge in [-0.1, -0.05) is 0 Å². The van der Waals surface area contributed by atoms with Gasteiger partial charge in [-0.05, 0) is 74.0 Å². The number of fused-ring (bicyclic) bond motifs is 1. The molecule has 0 unspecified atom stereocenters. The van der Waals surface area contributed by atoms with Crippen LogP contribution in [0.25, 0.3) is 10.9 Å².